The van der Waals surface area contributed by atoms with Crippen molar-refractivity contribution >= 4 is 22.8 Å². The van der Waals surface area contributed by atoms with Gasteiger partial charge in [-0.05, 0) is 57.6 Å². The number of benzene rings is 1. The average molecular weight is 460 g/mol. The van der Waals surface area contributed by atoms with Crippen LogP contribution in [-0.2, 0) is 20.4 Å². The molecule has 1 aromatic rings. The van der Waals surface area contributed by atoms with Crippen molar-refractivity contribution < 1.29 is 27.4 Å². The fraction of sp³-hybridized carbons (Fsp3) is 0.619. The fourth-order valence-corrected chi connectivity index (χ4v) is 4.82. The number of nitrogens with zero attached hydrogens (tertiary/aromatic N) is 2. The first-order valence-corrected chi connectivity index (χ1v) is 11.2. The van der Waals surface area contributed by atoms with Crippen molar-refractivity contribution in [1.82, 2.24) is 5.01 Å². The molecule has 6 nitrogen and oxygen atoms in total. The zero-order valence-corrected chi connectivity index (χ0v) is 18.5. The van der Waals surface area contributed by atoms with E-state index in [0.717, 1.165) is 30.3 Å². The summed E-state index contributed by atoms with van der Waals surface area (Å²) in [5, 5.41) is 1.36. The number of hydrazine groups is 1. The maximum absolute atomic E-state index is 13.4. The Labute approximate surface area is 184 Å². The first kappa shape index (κ1) is 24.0. The van der Waals surface area contributed by atoms with Crippen LogP contribution in [-0.4, -0.2) is 40.3 Å². The maximum Gasteiger partial charge on any atom is 0.416 e. The second-order valence-electron chi connectivity index (χ2n) is 7.97. The summed E-state index contributed by atoms with van der Waals surface area (Å²) >= 11 is 1.18. The smallest absolute Gasteiger partial charge is 0.353 e. The number of amidine groups is 1. The topological polar surface area (TPSA) is 77.2 Å². The molecule has 0 aliphatic carbocycles. The number of hydrogen-bond acceptors (Lipinski definition) is 6. The molecule has 0 radical (unpaired) electrons. The quantitative estimate of drug-likeness (QED) is 0.363. The molecule has 1 amide bonds. The van der Waals surface area contributed by atoms with Gasteiger partial charge in [0.15, 0.2) is 11.5 Å². The molecule has 3 rings (SSSR count). The maximum atomic E-state index is 13.4. The van der Waals surface area contributed by atoms with Gasteiger partial charge < -0.3 is 9.47 Å². The minimum Gasteiger partial charge on any atom is -0.353 e. The molecule has 0 aromatic heterocycles. The third-order valence-electron chi connectivity index (χ3n) is 5.56. The van der Waals surface area contributed by atoms with Gasteiger partial charge in [0.25, 0.3) is 5.91 Å². The summed E-state index contributed by atoms with van der Waals surface area (Å²) in [5.74, 6) is 5.78. The van der Waals surface area contributed by atoms with E-state index in [1.165, 1.54) is 30.0 Å². The molecular formula is C21H28F3N3O3S. The van der Waals surface area contributed by atoms with Gasteiger partial charge in [0.2, 0.25) is 0 Å². The van der Waals surface area contributed by atoms with Crippen molar-refractivity contribution in [2.45, 2.75) is 69.2 Å². The minimum atomic E-state index is -4.50. The summed E-state index contributed by atoms with van der Waals surface area (Å²) in [4.78, 5) is 16.6. The molecule has 1 aromatic carbocycles. The molecule has 2 aliphatic rings. The van der Waals surface area contributed by atoms with Crippen LogP contribution in [0.15, 0.2) is 29.3 Å². The lowest BCUT2D eigenvalue weighted by Crippen LogP contribution is -2.39. The molecule has 31 heavy (non-hydrogen) atoms. The number of amides is 1. The highest BCUT2D eigenvalue weighted by atomic mass is 32.2. The summed E-state index contributed by atoms with van der Waals surface area (Å²) in [5.41, 5.74) is -0.722. The number of alkyl halides is 3. The predicted molar refractivity (Wildman–Crippen MR) is 113 cm³/mol. The van der Waals surface area contributed by atoms with Crippen LogP contribution in [0, 0.1) is 0 Å². The second kappa shape index (κ2) is 9.89. The van der Waals surface area contributed by atoms with Gasteiger partial charge in [-0.15, -0.1) is 0 Å². The Morgan fingerprint density at radius 2 is 2.13 bits per heavy atom. The van der Waals surface area contributed by atoms with Crippen molar-refractivity contribution in [3.8, 4) is 0 Å². The molecule has 3 atom stereocenters. The highest BCUT2D eigenvalue weighted by Gasteiger charge is 2.43. The zero-order chi connectivity index (χ0) is 22.6. The molecule has 0 bridgehead atoms. The van der Waals surface area contributed by atoms with Crippen LogP contribution in [0.2, 0.25) is 0 Å². The van der Waals surface area contributed by atoms with Crippen molar-refractivity contribution in [3.63, 3.8) is 0 Å². The van der Waals surface area contributed by atoms with E-state index in [0.29, 0.717) is 26.1 Å². The van der Waals surface area contributed by atoms with Gasteiger partial charge in [0.05, 0.1) is 11.6 Å². The van der Waals surface area contributed by atoms with Gasteiger partial charge in [0, 0.05) is 13.2 Å². The third-order valence-corrected chi connectivity index (χ3v) is 6.87. The lowest BCUT2D eigenvalue weighted by atomic mass is 10.0. The van der Waals surface area contributed by atoms with E-state index in [2.05, 4.69) is 4.99 Å². The summed E-state index contributed by atoms with van der Waals surface area (Å²) in [7, 11) is 0. The highest BCUT2D eigenvalue weighted by Crippen LogP contribution is 2.41. The third kappa shape index (κ3) is 5.79. The number of nitrogens with two attached hydrogens (primary N) is 1. The molecular weight excluding hydrogens is 431 g/mol. The molecule has 10 heteroatoms. The van der Waals surface area contributed by atoms with Crippen LogP contribution in [0.3, 0.4) is 0 Å². The second-order valence-corrected chi connectivity index (χ2v) is 9.44. The Morgan fingerprint density at radius 3 is 2.81 bits per heavy atom. The molecule has 0 saturated carbocycles. The molecule has 2 N–H and O–H groups in total. The van der Waals surface area contributed by atoms with E-state index in [9.17, 15) is 18.0 Å². The average Bonchev–Trinajstić information content (AvgIpc) is 3.05. The number of ether oxygens (including phenoxy) is 2. The number of hydrogen-bond donors (Lipinski definition) is 1. The van der Waals surface area contributed by atoms with Crippen LogP contribution >= 0.6 is 11.8 Å². The van der Waals surface area contributed by atoms with E-state index in [4.69, 9.17) is 15.3 Å². The normalized spacial score (nSPS) is 25.4. The van der Waals surface area contributed by atoms with Gasteiger partial charge >= 0.3 is 6.18 Å². The number of thioether (sulfide) groups is 1. The molecule has 172 valence electrons. The van der Waals surface area contributed by atoms with Crippen molar-refractivity contribution in [2.75, 3.05) is 13.2 Å². The largest absolute Gasteiger partial charge is 0.416 e. The van der Waals surface area contributed by atoms with Gasteiger partial charge in [0.1, 0.15) is 4.75 Å². The SMILES string of the molecule is C[C@@H](c1ccccc1C(F)(F)F)N(N)C1=NC(=O)C(C)(CCCOC2CCCCO2)S1. The van der Waals surface area contributed by atoms with Crippen molar-refractivity contribution in [2.24, 2.45) is 10.8 Å². The van der Waals surface area contributed by atoms with Crippen LogP contribution < -0.4 is 5.84 Å². The number of carbonyl (C=O) groups excluding carboxylic acids is 1. The zero-order valence-electron chi connectivity index (χ0n) is 17.7. The van der Waals surface area contributed by atoms with Gasteiger partial charge in [-0.3, -0.25) is 9.80 Å². The highest BCUT2D eigenvalue weighted by molar-refractivity contribution is 8.16. The number of halogens is 3. The van der Waals surface area contributed by atoms with Crippen LogP contribution in [0.25, 0.3) is 0 Å². The molecule has 1 saturated heterocycles. The summed E-state index contributed by atoms with van der Waals surface area (Å²) < 4.78 is 50.5. The van der Waals surface area contributed by atoms with Crippen molar-refractivity contribution in [3.05, 3.63) is 35.4 Å². The summed E-state index contributed by atoms with van der Waals surface area (Å²) in [6, 6.07) is 4.46. The number of aliphatic imine (C=N–C) groups is 1. The standard InChI is InChI=1S/C21H28F3N3O3S/c1-14(15-8-3-4-9-16(15)21(22,23)24)27(25)19-26-18(28)20(2,31-19)11-7-13-30-17-10-5-6-12-29-17/h3-4,8-9,14,17H,5-7,10-13,25H2,1-2H3/t14-,17?,20?/m0/s1. The molecule has 1 fully saturated rings. The van der Waals surface area contributed by atoms with E-state index in [1.54, 1.807) is 13.8 Å². The number of carbonyl (C=O) groups is 1. The monoisotopic (exact) mass is 459 g/mol. The first-order chi connectivity index (χ1) is 14.6. The minimum absolute atomic E-state index is 0.0303. The summed E-state index contributed by atoms with van der Waals surface area (Å²) in [6.07, 6.45) is -0.540. The predicted octanol–water partition coefficient (Wildman–Crippen LogP) is 4.65. The van der Waals surface area contributed by atoms with Gasteiger partial charge in [-0.25, -0.2) is 5.84 Å². The lowest BCUT2D eigenvalue weighted by Gasteiger charge is -2.29. The molecule has 2 heterocycles. The fourth-order valence-electron chi connectivity index (χ4n) is 3.64. The lowest BCUT2D eigenvalue weighted by molar-refractivity contribution is -0.163. The Hall–Kier alpha value is -1.62. The van der Waals surface area contributed by atoms with E-state index >= 15 is 0 Å². The van der Waals surface area contributed by atoms with Gasteiger partial charge in [-0.2, -0.15) is 18.2 Å². The number of rotatable bonds is 7. The molecule has 2 unspecified atom stereocenters. The Kier molecular flexibility index (Phi) is 7.67. The summed E-state index contributed by atoms with van der Waals surface area (Å²) in [6.45, 7) is 4.50. The van der Waals surface area contributed by atoms with Crippen LogP contribution in [0.5, 0.6) is 0 Å². The Bertz CT molecular complexity index is 815. The van der Waals surface area contributed by atoms with Crippen molar-refractivity contribution in [1.29, 1.82) is 0 Å². The first-order valence-electron chi connectivity index (χ1n) is 10.4. The van der Waals surface area contributed by atoms with Crippen LogP contribution in [0.4, 0.5) is 13.2 Å². The van der Waals surface area contributed by atoms with Gasteiger partial charge in [-0.1, -0.05) is 30.0 Å². The van der Waals surface area contributed by atoms with E-state index < -0.39 is 22.5 Å². The molecule has 2 aliphatic heterocycles. The molecule has 0 spiro atoms. The van der Waals surface area contributed by atoms with E-state index in [1.807, 2.05) is 0 Å². The Balaban J connectivity index is 1.59. The van der Waals surface area contributed by atoms with E-state index in [-0.39, 0.29) is 22.9 Å². The van der Waals surface area contributed by atoms with Crippen LogP contribution in [0.1, 0.15) is 63.1 Å². The Morgan fingerprint density at radius 1 is 1.39 bits per heavy atom.